The van der Waals surface area contributed by atoms with Crippen LogP contribution < -0.4 is 10.6 Å². The van der Waals surface area contributed by atoms with Gasteiger partial charge in [-0.05, 0) is 36.8 Å². The van der Waals surface area contributed by atoms with Gasteiger partial charge in [0.2, 0.25) is 0 Å². The minimum atomic E-state index is 0.0450. The normalized spacial score (nSPS) is 20.1. The van der Waals surface area contributed by atoms with Crippen molar-refractivity contribution < 1.29 is 5.21 Å². The van der Waals surface area contributed by atoms with Crippen LogP contribution in [-0.4, -0.2) is 29.1 Å². The van der Waals surface area contributed by atoms with Gasteiger partial charge in [0, 0.05) is 13.1 Å². The Labute approximate surface area is 114 Å². The smallest absolute Gasteiger partial charge is 0.188 e. The van der Waals surface area contributed by atoms with Crippen molar-refractivity contribution in [3.05, 3.63) is 24.0 Å². The second kappa shape index (κ2) is 5.47. The van der Waals surface area contributed by atoms with Gasteiger partial charge in [-0.25, -0.2) is 0 Å². The number of amidine groups is 1. The monoisotopic (exact) mass is 262 g/mol. The molecule has 1 aromatic heterocycles. The average Bonchev–Trinajstić information content (AvgIpc) is 2.59. The molecule has 1 saturated heterocycles. The second-order valence-corrected chi connectivity index (χ2v) is 5.89. The molecular weight excluding hydrogens is 240 g/mol. The lowest BCUT2D eigenvalue weighted by molar-refractivity contribution is 0.318. The summed E-state index contributed by atoms with van der Waals surface area (Å²) in [4.78, 5) is 6.59. The summed E-state index contributed by atoms with van der Waals surface area (Å²) >= 11 is 0. The first kappa shape index (κ1) is 13.6. The van der Waals surface area contributed by atoms with Crippen LogP contribution in [0.25, 0.3) is 0 Å². The lowest BCUT2D eigenvalue weighted by atomic mass is 9.85. The van der Waals surface area contributed by atoms with Crippen LogP contribution in [0, 0.1) is 5.41 Å². The second-order valence-electron chi connectivity index (χ2n) is 5.89. The van der Waals surface area contributed by atoms with Crippen molar-refractivity contribution >= 4 is 11.5 Å². The van der Waals surface area contributed by atoms with E-state index in [1.54, 1.807) is 12.3 Å². The average molecular weight is 262 g/mol. The van der Waals surface area contributed by atoms with Crippen molar-refractivity contribution in [2.45, 2.75) is 33.1 Å². The third-order valence-electron chi connectivity index (χ3n) is 3.82. The van der Waals surface area contributed by atoms with Gasteiger partial charge in [0.25, 0.3) is 0 Å². The maximum atomic E-state index is 8.61. The number of hydrogen-bond acceptors (Lipinski definition) is 4. The predicted octanol–water partition coefficient (Wildman–Crippen LogP) is 2.19. The van der Waals surface area contributed by atoms with E-state index in [1.807, 2.05) is 6.07 Å². The van der Waals surface area contributed by atoms with Crippen LogP contribution in [0.3, 0.4) is 0 Å². The van der Waals surface area contributed by atoms with Crippen molar-refractivity contribution in [2.24, 2.45) is 16.3 Å². The number of oxime groups is 1. The molecule has 0 aromatic carbocycles. The molecular formula is C14H22N4O. The zero-order valence-corrected chi connectivity index (χ0v) is 11.6. The number of rotatable bonds is 2. The fraction of sp³-hybridized carbons (Fsp3) is 0.571. The first-order valence-corrected chi connectivity index (χ1v) is 6.71. The molecule has 2 heterocycles. The fourth-order valence-corrected chi connectivity index (χ4v) is 2.46. The Morgan fingerprint density at radius 1 is 1.37 bits per heavy atom. The third kappa shape index (κ3) is 3.36. The number of nitrogens with zero attached hydrogens (tertiary/aromatic N) is 3. The summed E-state index contributed by atoms with van der Waals surface area (Å²) in [5, 5.41) is 11.6. The zero-order chi connectivity index (χ0) is 13.9. The Kier molecular flexibility index (Phi) is 3.93. The van der Waals surface area contributed by atoms with E-state index in [2.05, 4.69) is 28.9 Å². The molecule has 1 fully saturated rings. The van der Waals surface area contributed by atoms with E-state index in [0.29, 0.717) is 11.1 Å². The van der Waals surface area contributed by atoms with Gasteiger partial charge in [0.05, 0.1) is 11.9 Å². The van der Waals surface area contributed by atoms with Gasteiger partial charge in [-0.15, -0.1) is 0 Å². The summed E-state index contributed by atoms with van der Waals surface area (Å²) in [6, 6.07) is 3.78. The van der Waals surface area contributed by atoms with Crippen LogP contribution in [0.1, 0.15) is 38.8 Å². The number of nitrogens with two attached hydrogens (primary N) is 1. The van der Waals surface area contributed by atoms with E-state index >= 15 is 0 Å². The van der Waals surface area contributed by atoms with Crippen molar-refractivity contribution in [2.75, 3.05) is 18.0 Å². The van der Waals surface area contributed by atoms with Crippen molar-refractivity contribution in [3.8, 4) is 0 Å². The predicted molar refractivity (Wildman–Crippen MR) is 76.6 cm³/mol. The number of pyridine rings is 1. The van der Waals surface area contributed by atoms with Crippen LogP contribution in [-0.2, 0) is 0 Å². The van der Waals surface area contributed by atoms with Crippen molar-refractivity contribution in [3.63, 3.8) is 0 Å². The van der Waals surface area contributed by atoms with Crippen LogP contribution in [0.2, 0.25) is 0 Å². The van der Waals surface area contributed by atoms with Crippen molar-refractivity contribution in [1.29, 1.82) is 0 Å². The Bertz CT molecular complexity index is 453. The van der Waals surface area contributed by atoms with Gasteiger partial charge < -0.3 is 15.8 Å². The summed E-state index contributed by atoms with van der Waals surface area (Å²) in [5.74, 6) is 0.0450. The SMILES string of the molecule is CC1(C)CCCN(c2ccc(/C(N)=N/O)nc2)CC1. The quantitative estimate of drug-likeness (QED) is 0.371. The highest BCUT2D eigenvalue weighted by Crippen LogP contribution is 2.31. The van der Waals surface area contributed by atoms with E-state index in [1.165, 1.54) is 19.3 Å². The molecule has 1 aromatic rings. The van der Waals surface area contributed by atoms with E-state index in [9.17, 15) is 0 Å². The molecule has 0 bridgehead atoms. The molecule has 104 valence electrons. The van der Waals surface area contributed by atoms with Gasteiger partial charge in [0.15, 0.2) is 5.84 Å². The molecule has 0 saturated carbocycles. The highest BCUT2D eigenvalue weighted by Gasteiger charge is 2.23. The molecule has 0 aliphatic carbocycles. The zero-order valence-electron chi connectivity index (χ0n) is 11.6. The molecule has 5 heteroatoms. The van der Waals surface area contributed by atoms with Gasteiger partial charge in [0.1, 0.15) is 5.69 Å². The number of hydrogen-bond donors (Lipinski definition) is 2. The van der Waals surface area contributed by atoms with E-state index in [-0.39, 0.29) is 5.84 Å². The molecule has 0 amide bonds. The Morgan fingerprint density at radius 3 is 2.79 bits per heavy atom. The van der Waals surface area contributed by atoms with Crippen LogP contribution in [0.5, 0.6) is 0 Å². The molecule has 0 unspecified atom stereocenters. The standard InChI is InChI=1S/C14H22N4O/c1-14(2)6-3-8-18(9-7-14)11-4-5-12(16-10-11)13(15)17-19/h4-5,10,19H,3,6-9H2,1-2H3,(H2,15,17). The van der Waals surface area contributed by atoms with Crippen LogP contribution in [0.4, 0.5) is 5.69 Å². The Balaban J connectivity index is 2.10. The van der Waals surface area contributed by atoms with Gasteiger partial charge >= 0.3 is 0 Å². The first-order chi connectivity index (χ1) is 9.02. The number of anilines is 1. The molecule has 2 rings (SSSR count). The molecule has 0 spiro atoms. The lowest BCUT2D eigenvalue weighted by Gasteiger charge is -2.24. The molecule has 3 N–H and O–H groups in total. The molecule has 1 aliphatic heterocycles. The first-order valence-electron chi connectivity index (χ1n) is 6.71. The minimum absolute atomic E-state index is 0.0450. The van der Waals surface area contributed by atoms with Crippen LogP contribution >= 0.6 is 0 Å². The maximum absolute atomic E-state index is 8.61. The topological polar surface area (TPSA) is 74.7 Å². The highest BCUT2D eigenvalue weighted by molar-refractivity contribution is 5.95. The van der Waals surface area contributed by atoms with Gasteiger partial charge in [-0.3, -0.25) is 4.98 Å². The molecule has 5 nitrogen and oxygen atoms in total. The Morgan fingerprint density at radius 2 is 2.16 bits per heavy atom. The summed E-state index contributed by atoms with van der Waals surface area (Å²) in [5.41, 5.74) is 7.54. The van der Waals surface area contributed by atoms with Crippen LogP contribution in [0.15, 0.2) is 23.5 Å². The Hall–Kier alpha value is -1.78. The van der Waals surface area contributed by atoms with Crippen molar-refractivity contribution in [1.82, 2.24) is 4.98 Å². The summed E-state index contributed by atoms with van der Waals surface area (Å²) in [6.45, 7) is 6.78. The minimum Gasteiger partial charge on any atom is -0.409 e. The highest BCUT2D eigenvalue weighted by atomic mass is 16.4. The van der Waals surface area contributed by atoms with Gasteiger partial charge in [-0.2, -0.15) is 0 Å². The largest absolute Gasteiger partial charge is 0.409 e. The molecule has 19 heavy (non-hydrogen) atoms. The number of aromatic nitrogens is 1. The fourth-order valence-electron chi connectivity index (χ4n) is 2.46. The summed E-state index contributed by atoms with van der Waals surface area (Å²) in [6.07, 6.45) is 5.45. The molecule has 1 aliphatic rings. The van der Waals surface area contributed by atoms with Gasteiger partial charge in [-0.1, -0.05) is 19.0 Å². The molecule has 0 atom stereocenters. The summed E-state index contributed by atoms with van der Waals surface area (Å²) < 4.78 is 0. The van der Waals surface area contributed by atoms with E-state index < -0.39 is 0 Å². The van der Waals surface area contributed by atoms with E-state index in [0.717, 1.165) is 18.8 Å². The third-order valence-corrected chi connectivity index (χ3v) is 3.82. The molecule has 0 radical (unpaired) electrons. The summed E-state index contributed by atoms with van der Waals surface area (Å²) in [7, 11) is 0. The maximum Gasteiger partial charge on any atom is 0.188 e. The lowest BCUT2D eigenvalue weighted by Crippen LogP contribution is -2.25. The van der Waals surface area contributed by atoms with E-state index in [4.69, 9.17) is 10.9 Å².